The number of carbonyl (C=O) groups excluding carboxylic acids is 2. The van der Waals surface area contributed by atoms with Gasteiger partial charge in [-0.15, -0.1) is 0 Å². The summed E-state index contributed by atoms with van der Waals surface area (Å²) in [4.78, 5) is 29.1. The van der Waals surface area contributed by atoms with Crippen LogP contribution in [0.5, 0.6) is 0 Å². The van der Waals surface area contributed by atoms with Gasteiger partial charge in [0.15, 0.2) is 0 Å². The Kier molecular flexibility index (Phi) is 8.96. The summed E-state index contributed by atoms with van der Waals surface area (Å²) in [6.45, 7) is 14.9. The molecule has 2 aliphatic heterocycles. The molecule has 2 fully saturated rings. The fourth-order valence-electron chi connectivity index (χ4n) is 3.92. The van der Waals surface area contributed by atoms with Gasteiger partial charge in [0.05, 0.1) is 6.54 Å². The Morgan fingerprint density at radius 3 is 2.33 bits per heavy atom. The third-order valence-corrected chi connectivity index (χ3v) is 5.51. The molecule has 0 radical (unpaired) electrons. The lowest BCUT2D eigenvalue weighted by Crippen LogP contribution is -2.48. The number of allylic oxidation sites excluding steroid dienone is 1. The van der Waals surface area contributed by atoms with Crippen LogP contribution in [0, 0.1) is 5.92 Å². The van der Waals surface area contributed by atoms with Gasteiger partial charge in [0.25, 0.3) is 5.91 Å². The molecule has 168 valence electrons. The minimum atomic E-state index is -0.205. The number of nitrogens with zero attached hydrogens (tertiary/aromatic N) is 2. The highest BCUT2D eigenvalue weighted by Crippen LogP contribution is 2.18. The second-order valence-electron chi connectivity index (χ2n) is 9.37. The van der Waals surface area contributed by atoms with Crippen molar-refractivity contribution >= 4 is 11.8 Å². The first-order valence-corrected chi connectivity index (χ1v) is 11.0. The van der Waals surface area contributed by atoms with E-state index in [-0.39, 0.29) is 17.4 Å². The number of nitrogens with two attached hydrogens (primary N) is 1. The molecule has 2 amide bonds. The van der Waals surface area contributed by atoms with E-state index in [0.29, 0.717) is 24.6 Å². The number of likely N-dealkylation sites (tertiary alicyclic amines) is 2. The van der Waals surface area contributed by atoms with Crippen molar-refractivity contribution in [2.75, 3.05) is 39.3 Å². The molecule has 7 heteroatoms. The molecule has 0 unspecified atom stereocenters. The number of amides is 2. The quantitative estimate of drug-likeness (QED) is 0.413. The molecule has 2 saturated heterocycles. The zero-order chi connectivity index (χ0) is 22.1. The van der Waals surface area contributed by atoms with Gasteiger partial charge in [-0.05, 0) is 83.8 Å². The van der Waals surface area contributed by atoms with Crippen molar-refractivity contribution in [3.63, 3.8) is 0 Å². The van der Waals surface area contributed by atoms with Crippen LogP contribution in [-0.4, -0.2) is 66.4 Å². The number of rotatable bonds is 8. The molecule has 2 rings (SSSR count). The second-order valence-corrected chi connectivity index (χ2v) is 9.37. The topological polar surface area (TPSA) is 90.7 Å². The minimum Gasteiger partial charge on any atom is -0.405 e. The van der Waals surface area contributed by atoms with E-state index in [0.717, 1.165) is 57.6 Å². The van der Waals surface area contributed by atoms with Crippen LogP contribution in [-0.2, 0) is 9.59 Å². The average Bonchev–Trinajstić information content (AvgIpc) is 3.20. The predicted octanol–water partition coefficient (Wildman–Crippen LogP) is 1.74. The Hall–Kier alpha value is -2.28. The van der Waals surface area contributed by atoms with Gasteiger partial charge < -0.3 is 21.3 Å². The molecule has 0 spiro atoms. The van der Waals surface area contributed by atoms with E-state index in [1.54, 1.807) is 6.08 Å². The largest absolute Gasteiger partial charge is 0.405 e. The Balaban J connectivity index is 1.77. The van der Waals surface area contributed by atoms with E-state index in [2.05, 4.69) is 27.0 Å². The summed E-state index contributed by atoms with van der Waals surface area (Å²) in [5, 5.41) is 6.06. The molecule has 7 nitrogen and oxygen atoms in total. The van der Waals surface area contributed by atoms with Gasteiger partial charge in [-0.25, -0.2) is 0 Å². The lowest BCUT2D eigenvalue weighted by molar-refractivity contribution is -0.124. The number of piperidine rings is 1. The van der Waals surface area contributed by atoms with Gasteiger partial charge in [0, 0.05) is 36.4 Å². The highest BCUT2D eigenvalue weighted by atomic mass is 16.2. The second kappa shape index (κ2) is 11.2. The fraction of sp³-hybridized carbons (Fsp3) is 0.652. The van der Waals surface area contributed by atoms with E-state index in [1.807, 2.05) is 26.8 Å². The third kappa shape index (κ3) is 8.22. The number of hydrogen-bond acceptors (Lipinski definition) is 5. The van der Waals surface area contributed by atoms with Gasteiger partial charge in [0.1, 0.15) is 0 Å². The standard InChI is InChI=1S/C23H39N5O2/c1-18(28-11-5-6-12-28)15-20(7-10-24)22(30)25-16-19-8-13-27(14-9-19)17-21(29)26-23(2,3)4/h7,10,15,19H,1,5-6,8-9,11-14,16-17,24H2,2-4H3,(H,25,30)(H,26,29)/b10-7-,20-15+. The molecular formula is C23H39N5O2. The van der Waals surface area contributed by atoms with Crippen LogP contribution >= 0.6 is 0 Å². The molecule has 2 aliphatic rings. The average molecular weight is 418 g/mol. The summed E-state index contributed by atoms with van der Waals surface area (Å²) in [6.07, 6.45) is 9.11. The van der Waals surface area contributed by atoms with Crippen LogP contribution in [0.2, 0.25) is 0 Å². The molecule has 2 heterocycles. The SMILES string of the molecule is C=C(/C=C(\C=C/N)C(=O)NCC1CCN(CC(=O)NC(C)(C)C)CC1)N1CCCC1. The van der Waals surface area contributed by atoms with Crippen molar-refractivity contribution in [2.45, 2.75) is 52.0 Å². The van der Waals surface area contributed by atoms with Crippen molar-refractivity contribution in [3.8, 4) is 0 Å². The van der Waals surface area contributed by atoms with E-state index in [9.17, 15) is 9.59 Å². The summed E-state index contributed by atoms with van der Waals surface area (Å²) in [5.41, 5.74) is 6.73. The first kappa shape index (κ1) is 24.0. The summed E-state index contributed by atoms with van der Waals surface area (Å²) >= 11 is 0. The van der Waals surface area contributed by atoms with Crippen molar-refractivity contribution in [3.05, 3.63) is 36.2 Å². The molecule has 0 bridgehead atoms. The molecule has 0 saturated carbocycles. The molecule has 4 N–H and O–H groups in total. The van der Waals surface area contributed by atoms with Crippen molar-refractivity contribution in [1.82, 2.24) is 20.4 Å². The number of nitrogens with one attached hydrogen (secondary N) is 2. The first-order valence-electron chi connectivity index (χ1n) is 11.0. The Bertz CT molecular complexity index is 664. The highest BCUT2D eigenvalue weighted by molar-refractivity contribution is 5.96. The zero-order valence-electron chi connectivity index (χ0n) is 18.9. The maximum Gasteiger partial charge on any atom is 0.251 e. The summed E-state index contributed by atoms with van der Waals surface area (Å²) in [7, 11) is 0. The molecular weight excluding hydrogens is 378 g/mol. The number of hydrogen-bond donors (Lipinski definition) is 3. The van der Waals surface area contributed by atoms with E-state index in [4.69, 9.17) is 5.73 Å². The highest BCUT2D eigenvalue weighted by Gasteiger charge is 2.23. The van der Waals surface area contributed by atoms with Gasteiger partial charge in [0.2, 0.25) is 5.91 Å². The van der Waals surface area contributed by atoms with Crippen LogP contribution in [0.15, 0.2) is 36.2 Å². The Labute approximate surface area is 181 Å². The lowest BCUT2D eigenvalue weighted by Gasteiger charge is -2.32. The molecule has 0 aromatic heterocycles. The van der Waals surface area contributed by atoms with Crippen molar-refractivity contribution < 1.29 is 9.59 Å². The van der Waals surface area contributed by atoms with Crippen LogP contribution in [0.1, 0.15) is 46.5 Å². The first-order chi connectivity index (χ1) is 14.2. The van der Waals surface area contributed by atoms with Gasteiger partial charge in [-0.2, -0.15) is 0 Å². The predicted molar refractivity (Wildman–Crippen MR) is 121 cm³/mol. The Morgan fingerprint density at radius 1 is 1.13 bits per heavy atom. The lowest BCUT2D eigenvalue weighted by atomic mass is 9.96. The van der Waals surface area contributed by atoms with E-state index in [1.165, 1.54) is 6.20 Å². The van der Waals surface area contributed by atoms with Gasteiger partial charge in [-0.1, -0.05) is 6.58 Å². The minimum absolute atomic E-state index is 0.0656. The molecule has 0 aromatic carbocycles. The smallest absolute Gasteiger partial charge is 0.251 e. The van der Waals surface area contributed by atoms with Crippen molar-refractivity contribution in [1.29, 1.82) is 0 Å². The fourth-order valence-corrected chi connectivity index (χ4v) is 3.92. The molecule has 0 aromatic rings. The third-order valence-electron chi connectivity index (χ3n) is 5.51. The monoisotopic (exact) mass is 417 g/mol. The summed E-state index contributed by atoms with van der Waals surface area (Å²) in [5.74, 6) is 0.362. The van der Waals surface area contributed by atoms with Crippen LogP contribution in [0.4, 0.5) is 0 Å². The maximum atomic E-state index is 12.7. The van der Waals surface area contributed by atoms with Crippen LogP contribution < -0.4 is 16.4 Å². The molecule has 30 heavy (non-hydrogen) atoms. The summed E-state index contributed by atoms with van der Waals surface area (Å²) in [6, 6.07) is 0. The van der Waals surface area contributed by atoms with E-state index < -0.39 is 0 Å². The van der Waals surface area contributed by atoms with Gasteiger partial charge >= 0.3 is 0 Å². The zero-order valence-corrected chi connectivity index (χ0v) is 18.9. The van der Waals surface area contributed by atoms with Crippen LogP contribution in [0.25, 0.3) is 0 Å². The van der Waals surface area contributed by atoms with E-state index >= 15 is 0 Å². The molecule has 0 atom stereocenters. The maximum absolute atomic E-state index is 12.7. The van der Waals surface area contributed by atoms with Gasteiger partial charge in [-0.3, -0.25) is 14.5 Å². The van der Waals surface area contributed by atoms with Crippen LogP contribution in [0.3, 0.4) is 0 Å². The molecule has 0 aliphatic carbocycles. The Morgan fingerprint density at radius 2 is 1.77 bits per heavy atom. The summed E-state index contributed by atoms with van der Waals surface area (Å²) < 4.78 is 0. The van der Waals surface area contributed by atoms with Crippen molar-refractivity contribution in [2.24, 2.45) is 11.7 Å². The normalized spacial score (nSPS) is 19.3. The number of carbonyl (C=O) groups is 2.